The van der Waals surface area contributed by atoms with Gasteiger partial charge in [0.25, 0.3) is 5.56 Å². The highest BCUT2D eigenvalue weighted by atomic mass is 16.1. The Hall–Kier alpha value is -1.64. The number of hydrogen-bond donors (Lipinski definition) is 1. The number of hydrogen-bond acceptors (Lipinski definition) is 2. The van der Waals surface area contributed by atoms with Crippen molar-refractivity contribution in [2.45, 2.75) is 20.8 Å². The Kier molecular flexibility index (Phi) is 3.40. The molecule has 0 aliphatic carbocycles. The SMILES string of the molecule is CC.Cc1cc2cnccc2[nH]c1=O. The molecule has 0 aromatic carbocycles. The fourth-order valence-electron chi connectivity index (χ4n) is 1.16. The van der Waals surface area contributed by atoms with Crippen LogP contribution >= 0.6 is 0 Å². The molecule has 14 heavy (non-hydrogen) atoms. The minimum Gasteiger partial charge on any atom is -0.322 e. The van der Waals surface area contributed by atoms with E-state index in [1.54, 1.807) is 25.4 Å². The fraction of sp³-hybridized carbons (Fsp3) is 0.273. The van der Waals surface area contributed by atoms with Crippen LogP contribution in [0.3, 0.4) is 0 Å². The maximum Gasteiger partial charge on any atom is 0.251 e. The predicted octanol–water partition coefficient (Wildman–Crippen LogP) is 2.26. The number of aromatic nitrogens is 2. The van der Waals surface area contributed by atoms with E-state index in [0.29, 0.717) is 0 Å². The first kappa shape index (κ1) is 10.4. The summed E-state index contributed by atoms with van der Waals surface area (Å²) >= 11 is 0. The Morgan fingerprint density at radius 1 is 1.36 bits per heavy atom. The monoisotopic (exact) mass is 190 g/mol. The first-order valence-electron chi connectivity index (χ1n) is 4.71. The molecule has 0 bridgehead atoms. The zero-order chi connectivity index (χ0) is 10.6. The van der Waals surface area contributed by atoms with E-state index in [1.807, 2.05) is 19.9 Å². The molecule has 0 radical (unpaired) electrons. The summed E-state index contributed by atoms with van der Waals surface area (Å²) < 4.78 is 0. The van der Waals surface area contributed by atoms with Crippen LogP contribution in [-0.2, 0) is 0 Å². The summed E-state index contributed by atoms with van der Waals surface area (Å²) in [4.78, 5) is 17.9. The van der Waals surface area contributed by atoms with Crippen LogP contribution in [0.1, 0.15) is 19.4 Å². The van der Waals surface area contributed by atoms with Gasteiger partial charge in [0.15, 0.2) is 0 Å². The van der Waals surface area contributed by atoms with Crippen molar-refractivity contribution in [1.29, 1.82) is 0 Å². The summed E-state index contributed by atoms with van der Waals surface area (Å²) in [6.07, 6.45) is 3.39. The lowest BCUT2D eigenvalue weighted by Crippen LogP contribution is -2.08. The molecule has 3 nitrogen and oxygen atoms in total. The molecule has 2 aromatic rings. The molecule has 0 amide bonds. The molecule has 3 heteroatoms. The first-order valence-corrected chi connectivity index (χ1v) is 4.71. The third kappa shape index (κ3) is 1.99. The van der Waals surface area contributed by atoms with Crippen LogP contribution < -0.4 is 5.56 Å². The Morgan fingerprint density at radius 3 is 2.79 bits per heavy atom. The maximum atomic E-state index is 11.2. The van der Waals surface area contributed by atoms with Gasteiger partial charge in [-0.2, -0.15) is 0 Å². The van der Waals surface area contributed by atoms with Gasteiger partial charge in [0, 0.05) is 23.3 Å². The van der Waals surface area contributed by atoms with Crippen molar-refractivity contribution in [2.24, 2.45) is 0 Å². The molecule has 0 unspecified atom stereocenters. The Balaban J connectivity index is 0.000000461. The normalized spacial score (nSPS) is 9.36. The second-order valence-corrected chi connectivity index (χ2v) is 2.74. The average molecular weight is 190 g/mol. The largest absolute Gasteiger partial charge is 0.322 e. The zero-order valence-corrected chi connectivity index (χ0v) is 8.66. The molecule has 0 saturated heterocycles. The van der Waals surface area contributed by atoms with Crippen molar-refractivity contribution in [3.05, 3.63) is 40.4 Å². The summed E-state index contributed by atoms with van der Waals surface area (Å²) in [5.41, 5.74) is 1.52. The summed E-state index contributed by atoms with van der Waals surface area (Å²) in [6.45, 7) is 5.78. The number of pyridine rings is 2. The summed E-state index contributed by atoms with van der Waals surface area (Å²) in [6, 6.07) is 3.62. The number of aryl methyl sites for hydroxylation is 1. The molecule has 0 fully saturated rings. The molecule has 2 heterocycles. The van der Waals surface area contributed by atoms with Crippen LogP contribution in [0.5, 0.6) is 0 Å². The van der Waals surface area contributed by atoms with Gasteiger partial charge in [-0.1, -0.05) is 13.8 Å². The van der Waals surface area contributed by atoms with Crippen molar-refractivity contribution in [3.8, 4) is 0 Å². The number of nitrogens with one attached hydrogen (secondary N) is 1. The van der Waals surface area contributed by atoms with Crippen LogP contribution in [0, 0.1) is 6.92 Å². The van der Waals surface area contributed by atoms with Gasteiger partial charge >= 0.3 is 0 Å². The van der Waals surface area contributed by atoms with Gasteiger partial charge in [0.1, 0.15) is 0 Å². The topological polar surface area (TPSA) is 45.8 Å². The lowest BCUT2D eigenvalue weighted by Gasteiger charge is -1.96. The number of nitrogens with zero attached hydrogens (tertiary/aromatic N) is 1. The molecule has 74 valence electrons. The van der Waals surface area contributed by atoms with Gasteiger partial charge in [0.2, 0.25) is 0 Å². The van der Waals surface area contributed by atoms with Crippen LogP contribution in [0.4, 0.5) is 0 Å². The van der Waals surface area contributed by atoms with Crippen molar-refractivity contribution in [2.75, 3.05) is 0 Å². The van der Waals surface area contributed by atoms with Crippen LogP contribution in [0.2, 0.25) is 0 Å². The van der Waals surface area contributed by atoms with E-state index >= 15 is 0 Å². The van der Waals surface area contributed by atoms with Crippen LogP contribution in [0.15, 0.2) is 29.3 Å². The van der Waals surface area contributed by atoms with Crippen molar-refractivity contribution in [1.82, 2.24) is 9.97 Å². The molecule has 2 aromatic heterocycles. The highest BCUT2D eigenvalue weighted by Gasteiger charge is 1.96. The van der Waals surface area contributed by atoms with Crippen molar-refractivity contribution >= 4 is 10.9 Å². The molecule has 0 aliphatic heterocycles. The van der Waals surface area contributed by atoms with E-state index in [1.165, 1.54) is 0 Å². The number of rotatable bonds is 0. The molecule has 1 N–H and O–H groups in total. The van der Waals surface area contributed by atoms with E-state index in [4.69, 9.17) is 0 Å². The van der Waals surface area contributed by atoms with Gasteiger partial charge in [-0.3, -0.25) is 9.78 Å². The highest BCUT2D eigenvalue weighted by molar-refractivity contribution is 5.77. The minimum absolute atomic E-state index is 0.0336. The van der Waals surface area contributed by atoms with Crippen LogP contribution in [0.25, 0.3) is 10.9 Å². The van der Waals surface area contributed by atoms with Gasteiger partial charge in [0.05, 0.1) is 5.52 Å². The lowest BCUT2D eigenvalue weighted by molar-refractivity contribution is 1.22. The minimum atomic E-state index is -0.0336. The quantitative estimate of drug-likeness (QED) is 0.692. The Bertz CT molecular complexity index is 474. The predicted molar refractivity (Wildman–Crippen MR) is 58.4 cm³/mol. The van der Waals surface area contributed by atoms with E-state index in [-0.39, 0.29) is 5.56 Å². The van der Waals surface area contributed by atoms with Gasteiger partial charge < -0.3 is 4.98 Å². The number of fused-ring (bicyclic) bond motifs is 1. The molecule has 2 rings (SSSR count). The second-order valence-electron chi connectivity index (χ2n) is 2.74. The van der Waals surface area contributed by atoms with Crippen molar-refractivity contribution in [3.63, 3.8) is 0 Å². The molecule has 0 spiro atoms. The molecule has 0 saturated carbocycles. The summed E-state index contributed by atoms with van der Waals surface area (Å²) in [5.74, 6) is 0. The smallest absolute Gasteiger partial charge is 0.251 e. The lowest BCUT2D eigenvalue weighted by atomic mass is 10.2. The van der Waals surface area contributed by atoms with Gasteiger partial charge in [-0.15, -0.1) is 0 Å². The zero-order valence-electron chi connectivity index (χ0n) is 8.66. The second kappa shape index (κ2) is 4.56. The standard InChI is InChI=1S/C9H8N2O.C2H6/c1-6-4-7-5-10-3-2-8(7)11-9(6)12;1-2/h2-5H,1H3,(H,11,12);1-2H3. The number of aromatic amines is 1. The molecule has 0 atom stereocenters. The molecular formula is C11H14N2O. The molecule has 0 aliphatic rings. The van der Waals surface area contributed by atoms with Crippen LogP contribution in [-0.4, -0.2) is 9.97 Å². The van der Waals surface area contributed by atoms with E-state index in [9.17, 15) is 4.79 Å². The average Bonchev–Trinajstić information content (AvgIpc) is 2.23. The Morgan fingerprint density at radius 2 is 2.07 bits per heavy atom. The third-order valence-corrected chi connectivity index (χ3v) is 1.83. The van der Waals surface area contributed by atoms with E-state index in [0.717, 1.165) is 16.5 Å². The van der Waals surface area contributed by atoms with Gasteiger partial charge in [-0.25, -0.2) is 0 Å². The summed E-state index contributed by atoms with van der Waals surface area (Å²) in [5, 5.41) is 0.967. The number of H-pyrrole nitrogens is 1. The van der Waals surface area contributed by atoms with Gasteiger partial charge in [-0.05, 0) is 19.1 Å². The van der Waals surface area contributed by atoms with Crippen molar-refractivity contribution < 1.29 is 0 Å². The summed E-state index contributed by atoms with van der Waals surface area (Å²) in [7, 11) is 0. The highest BCUT2D eigenvalue weighted by Crippen LogP contribution is 2.06. The maximum absolute atomic E-state index is 11.2. The third-order valence-electron chi connectivity index (χ3n) is 1.83. The fourth-order valence-corrected chi connectivity index (χ4v) is 1.16. The Labute approximate surface area is 82.8 Å². The molecular weight excluding hydrogens is 176 g/mol. The first-order chi connectivity index (χ1) is 6.77. The van der Waals surface area contributed by atoms with E-state index in [2.05, 4.69) is 9.97 Å². The van der Waals surface area contributed by atoms with E-state index < -0.39 is 0 Å².